The molecule has 1 heterocycles. The van der Waals surface area contributed by atoms with Crippen LogP contribution in [0.25, 0.3) is 0 Å². The second-order valence-corrected chi connectivity index (χ2v) is 5.76. The van der Waals surface area contributed by atoms with Crippen LogP contribution in [-0.4, -0.2) is 15.7 Å². The Morgan fingerprint density at radius 3 is 2.58 bits per heavy atom. The highest BCUT2D eigenvalue weighted by Crippen LogP contribution is 2.15. The lowest BCUT2D eigenvalue weighted by Gasteiger charge is -2.05. The van der Waals surface area contributed by atoms with Gasteiger partial charge in [0.1, 0.15) is 5.75 Å². The van der Waals surface area contributed by atoms with E-state index in [4.69, 9.17) is 4.18 Å². The number of hydrogen-bond donors (Lipinski definition) is 0. The molecule has 0 saturated carbocycles. The predicted molar refractivity (Wildman–Crippen MR) is 77.9 cm³/mol. The van der Waals surface area contributed by atoms with Gasteiger partial charge in [0.15, 0.2) is 5.78 Å². The fourth-order valence-corrected chi connectivity index (χ4v) is 2.92. The maximum Gasteiger partial charge on any atom is 0.211 e. The topological polar surface area (TPSA) is 43.4 Å². The van der Waals surface area contributed by atoms with E-state index in [9.17, 15) is 9.00 Å². The third-order valence-electron chi connectivity index (χ3n) is 2.29. The molecule has 5 heteroatoms. The van der Waals surface area contributed by atoms with Crippen molar-refractivity contribution in [1.82, 2.24) is 0 Å². The zero-order valence-electron chi connectivity index (χ0n) is 10.1. The van der Waals surface area contributed by atoms with E-state index in [1.807, 2.05) is 11.4 Å². The summed E-state index contributed by atoms with van der Waals surface area (Å²) >= 11 is -0.259. The lowest BCUT2D eigenvalue weighted by molar-refractivity contribution is 0.103. The normalized spacial score (nSPS) is 11.8. The van der Waals surface area contributed by atoms with Gasteiger partial charge in [-0.3, -0.25) is 4.79 Å². The van der Waals surface area contributed by atoms with E-state index in [0.717, 1.165) is 0 Å². The van der Waals surface area contributed by atoms with Gasteiger partial charge in [-0.25, -0.2) is 4.21 Å². The van der Waals surface area contributed by atoms with E-state index < -0.39 is 11.1 Å². The van der Waals surface area contributed by atoms with Gasteiger partial charge < -0.3 is 4.18 Å². The van der Waals surface area contributed by atoms with Crippen molar-refractivity contribution < 1.29 is 13.2 Å². The summed E-state index contributed by atoms with van der Waals surface area (Å²) in [6.07, 6.45) is 0. The zero-order valence-corrected chi connectivity index (χ0v) is 11.7. The maximum absolute atomic E-state index is 11.9. The molecule has 0 fully saturated rings. The fourth-order valence-electron chi connectivity index (χ4n) is 1.40. The SMILES string of the molecule is C=C(CS(=O)Oc1ccccc1)C(=O)c1cccs1. The summed E-state index contributed by atoms with van der Waals surface area (Å²) in [6, 6.07) is 12.4. The Bertz CT molecular complexity index is 588. The van der Waals surface area contributed by atoms with Gasteiger partial charge in [-0.05, 0) is 23.6 Å². The fraction of sp³-hybridized carbons (Fsp3) is 0.0714. The number of benzene rings is 1. The molecular weight excluding hydrogens is 280 g/mol. The van der Waals surface area contributed by atoms with Gasteiger partial charge in [0.2, 0.25) is 11.1 Å². The van der Waals surface area contributed by atoms with Crippen molar-refractivity contribution in [3.8, 4) is 5.75 Å². The van der Waals surface area contributed by atoms with Crippen molar-refractivity contribution in [1.29, 1.82) is 0 Å². The lowest BCUT2D eigenvalue weighted by Crippen LogP contribution is -2.12. The van der Waals surface area contributed by atoms with E-state index in [1.54, 1.807) is 36.4 Å². The molecule has 2 rings (SSSR count). The first-order chi connectivity index (χ1) is 9.16. The number of ketones is 1. The summed E-state index contributed by atoms with van der Waals surface area (Å²) in [5, 5.41) is 1.82. The van der Waals surface area contributed by atoms with Crippen LogP contribution in [-0.2, 0) is 11.1 Å². The lowest BCUT2D eigenvalue weighted by atomic mass is 10.2. The molecule has 0 spiro atoms. The highest BCUT2D eigenvalue weighted by Gasteiger charge is 2.15. The first-order valence-electron chi connectivity index (χ1n) is 5.54. The first kappa shape index (κ1) is 13.7. The summed E-state index contributed by atoms with van der Waals surface area (Å²) in [7, 11) is 0. The molecule has 0 saturated heterocycles. The maximum atomic E-state index is 11.9. The molecule has 0 amide bonds. The predicted octanol–water partition coefficient (Wildman–Crippen LogP) is 3.23. The molecule has 1 aromatic heterocycles. The molecule has 1 unspecified atom stereocenters. The number of thiophene rings is 1. The van der Waals surface area contributed by atoms with Crippen LogP contribution in [0.3, 0.4) is 0 Å². The monoisotopic (exact) mass is 292 g/mol. The van der Waals surface area contributed by atoms with E-state index in [2.05, 4.69) is 6.58 Å². The number of carbonyl (C=O) groups is 1. The van der Waals surface area contributed by atoms with Crippen molar-refractivity contribution >= 4 is 28.2 Å². The molecule has 0 radical (unpaired) electrons. The Morgan fingerprint density at radius 2 is 1.95 bits per heavy atom. The molecule has 1 aromatic carbocycles. The molecular formula is C14H12O3S2. The van der Waals surface area contributed by atoms with Crippen molar-refractivity contribution in [2.75, 3.05) is 5.75 Å². The summed E-state index contributed by atoms with van der Waals surface area (Å²) in [5.41, 5.74) is 0.289. The molecule has 19 heavy (non-hydrogen) atoms. The summed E-state index contributed by atoms with van der Waals surface area (Å²) in [5.74, 6) is 0.336. The van der Waals surface area contributed by atoms with Gasteiger partial charge in [-0.15, -0.1) is 11.3 Å². The Balaban J connectivity index is 1.92. The van der Waals surface area contributed by atoms with Gasteiger partial charge in [0, 0.05) is 5.57 Å². The molecule has 0 N–H and O–H groups in total. The minimum absolute atomic E-state index is 0.00558. The molecule has 0 aliphatic rings. The molecule has 1 atom stereocenters. The van der Waals surface area contributed by atoms with Crippen LogP contribution in [0.5, 0.6) is 5.75 Å². The largest absolute Gasteiger partial charge is 0.400 e. The Kier molecular flexibility index (Phi) is 4.65. The highest BCUT2D eigenvalue weighted by atomic mass is 32.2. The Hall–Kier alpha value is -1.72. The van der Waals surface area contributed by atoms with Crippen LogP contribution in [0.4, 0.5) is 0 Å². The molecule has 98 valence electrons. The number of Topliss-reactive ketones (excluding diaryl/α,β-unsaturated/α-hetero) is 1. The van der Waals surface area contributed by atoms with Crippen LogP contribution in [0.2, 0.25) is 0 Å². The van der Waals surface area contributed by atoms with Gasteiger partial charge in [0.25, 0.3) is 0 Å². The van der Waals surface area contributed by atoms with Crippen LogP contribution in [0.1, 0.15) is 9.67 Å². The first-order valence-corrected chi connectivity index (χ1v) is 7.67. The number of para-hydroxylation sites is 1. The molecule has 0 aliphatic heterocycles. The minimum atomic E-state index is -1.60. The number of carbonyl (C=O) groups excluding carboxylic acids is 1. The minimum Gasteiger partial charge on any atom is -0.400 e. The van der Waals surface area contributed by atoms with E-state index in [0.29, 0.717) is 10.6 Å². The van der Waals surface area contributed by atoms with E-state index in [1.165, 1.54) is 11.3 Å². The second-order valence-electron chi connectivity index (χ2n) is 3.75. The Morgan fingerprint density at radius 1 is 1.21 bits per heavy atom. The summed E-state index contributed by atoms with van der Waals surface area (Å²) < 4.78 is 17.0. The molecule has 0 bridgehead atoms. The third-order valence-corrected chi connectivity index (χ3v) is 4.12. The average Bonchev–Trinajstić information content (AvgIpc) is 2.92. The van der Waals surface area contributed by atoms with Crippen LogP contribution >= 0.6 is 11.3 Å². The van der Waals surface area contributed by atoms with Crippen LogP contribution in [0.15, 0.2) is 60.0 Å². The molecule has 3 nitrogen and oxygen atoms in total. The molecule has 2 aromatic rings. The van der Waals surface area contributed by atoms with Crippen LogP contribution in [0, 0.1) is 0 Å². The summed E-state index contributed by atoms with van der Waals surface area (Å²) in [4.78, 5) is 12.5. The third kappa shape index (κ3) is 3.87. The van der Waals surface area contributed by atoms with Crippen molar-refractivity contribution in [2.45, 2.75) is 0 Å². The van der Waals surface area contributed by atoms with Crippen molar-refractivity contribution in [3.63, 3.8) is 0 Å². The van der Waals surface area contributed by atoms with Gasteiger partial charge in [0.05, 0.1) is 10.6 Å². The highest BCUT2D eigenvalue weighted by molar-refractivity contribution is 7.80. The van der Waals surface area contributed by atoms with Crippen LogP contribution < -0.4 is 4.18 Å². The summed E-state index contributed by atoms with van der Waals surface area (Å²) in [6.45, 7) is 3.68. The average molecular weight is 292 g/mol. The van der Waals surface area contributed by atoms with Gasteiger partial charge >= 0.3 is 0 Å². The van der Waals surface area contributed by atoms with E-state index in [-0.39, 0.29) is 17.1 Å². The smallest absolute Gasteiger partial charge is 0.211 e. The second kappa shape index (κ2) is 6.45. The van der Waals surface area contributed by atoms with Crippen molar-refractivity contribution in [2.24, 2.45) is 0 Å². The standard InChI is InChI=1S/C14H12O3S2/c1-11(14(15)13-8-5-9-18-13)10-19(16)17-12-6-3-2-4-7-12/h2-9H,1,10H2. The number of rotatable bonds is 6. The zero-order chi connectivity index (χ0) is 13.7. The Labute approximate surface area is 118 Å². The molecule has 0 aliphatic carbocycles. The van der Waals surface area contributed by atoms with Gasteiger partial charge in [-0.2, -0.15) is 0 Å². The van der Waals surface area contributed by atoms with E-state index >= 15 is 0 Å². The van der Waals surface area contributed by atoms with Gasteiger partial charge in [-0.1, -0.05) is 30.8 Å². The quantitative estimate of drug-likeness (QED) is 0.606. The van der Waals surface area contributed by atoms with Crippen molar-refractivity contribution in [3.05, 3.63) is 64.9 Å². The number of hydrogen-bond acceptors (Lipinski definition) is 4.